The fourth-order valence-electron chi connectivity index (χ4n) is 3.14. The zero-order valence-electron chi connectivity index (χ0n) is 13.4. The lowest BCUT2D eigenvalue weighted by Gasteiger charge is -2.26. The predicted molar refractivity (Wildman–Crippen MR) is 86.7 cm³/mol. The molecule has 1 aromatic heterocycles. The molecular formula is C17H21FN4O. The van der Waals surface area contributed by atoms with Gasteiger partial charge in [0.2, 0.25) is 0 Å². The number of likely N-dealkylation sites (tertiary alicyclic amines) is 1. The number of benzene rings is 1. The maximum absolute atomic E-state index is 13.3. The molecule has 0 unspecified atom stereocenters. The van der Waals surface area contributed by atoms with E-state index in [1.165, 1.54) is 12.1 Å². The van der Waals surface area contributed by atoms with Crippen molar-refractivity contribution in [3.63, 3.8) is 0 Å². The second-order valence-corrected chi connectivity index (χ2v) is 5.87. The molecule has 1 aromatic carbocycles. The van der Waals surface area contributed by atoms with Gasteiger partial charge in [-0.15, -0.1) is 0 Å². The molecule has 122 valence electrons. The van der Waals surface area contributed by atoms with Crippen LogP contribution < -0.4 is 5.32 Å². The lowest BCUT2D eigenvalue weighted by Crippen LogP contribution is -2.34. The Morgan fingerprint density at radius 3 is 3.00 bits per heavy atom. The molecule has 1 aliphatic rings. The molecule has 6 heteroatoms. The fraction of sp³-hybridized carbons (Fsp3) is 0.412. The minimum absolute atomic E-state index is 0.00294. The van der Waals surface area contributed by atoms with Gasteiger partial charge in [0.15, 0.2) is 0 Å². The largest absolute Gasteiger partial charge is 0.322 e. The van der Waals surface area contributed by atoms with E-state index >= 15 is 0 Å². The molecule has 0 saturated carbocycles. The molecule has 0 bridgehead atoms. The van der Waals surface area contributed by atoms with E-state index in [9.17, 15) is 9.18 Å². The average Bonchev–Trinajstić information content (AvgIpc) is 3.16. The molecule has 2 heterocycles. The van der Waals surface area contributed by atoms with Crippen molar-refractivity contribution in [1.29, 1.82) is 0 Å². The van der Waals surface area contributed by atoms with E-state index in [4.69, 9.17) is 0 Å². The van der Waals surface area contributed by atoms with Gasteiger partial charge in [-0.1, -0.05) is 6.07 Å². The molecule has 1 atom stereocenters. The van der Waals surface area contributed by atoms with Crippen LogP contribution in [0.25, 0.3) is 0 Å². The van der Waals surface area contributed by atoms with Crippen molar-refractivity contribution in [3.05, 3.63) is 47.5 Å². The van der Waals surface area contributed by atoms with Gasteiger partial charge in [0.05, 0.1) is 17.9 Å². The summed E-state index contributed by atoms with van der Waals surface area (Å²) in [4.78, 5) is 14.4. The van der Waals surface area contributed by atoms with E-state index in [2.05, 4.69) is 10.4 Å². The van der Waals surface area contributed by atoms with Crippen LogP contribution in [0.2, 0.25) is 0 Å². The molecule has 1 aliphatic heterocycles. The van der Waals surface area contributed by atoms with Crippen molar-refractivity contribution < 1.29 is 9.18 Å². The number of nitrogens with zero attached hydrogens (tertiary/aromatic N) is 3. The Morgan fingerprint density at radius 1 is 1.48 bits per heavy atom. The highest BCUT2D eigenvalue weighted by Crippen LogP contribution is 2.34. The molecule has 23 heavy (non-hydrogen) atoms. The maximum Gasteiger partial charge on any atom is 0.322 e. The molecule has 2 amide bonds. The third-order valence-corrected chi connectivity index (χ3v) is 4.31. The van der Waals surface area contributed by atoms with E-state index in [-0.39, 0.29) is 17.9 Å². The van der Waals surface area contributed by atoms with Gasteiger partial charge < -0.3 is 10.2 Å². The van der Waals surface area contributed by atoms with Crippen molar-refractivity contribution in [3.8, 4) is 0 Å². The number of aryl methyl sites for hydroxylation is 2. The Bertz CT molecular complexity index is 712. The Balaban J connectivity index is 1.76. The van der Waals surface area contributed by atoms with E-state index in [0.717, 1.165) is 30.5 Å². The van der Waals surface area contributed by atoms with Gasteiger partial charge in [-0.2, -0.15) is 5.10 Å². The minimum atomic E-state index is -0.243. The van der Waals surface area contributed by atoms with E-state index in [1.54, 1.807) is 16.9 Å². The van der Waals surface area contributed by atoms with Crippen LogP contribution in [-0.2, 0) is 6.54 Å². The Labute approximate surface area is 135 Å². The number of anilines is 1. The number of hydrogen-bond donors (Lipinski definition) is 1. The summed E-state index contributed by atoms with van der Waals surface area (Å²) in [6.45, 7) is 5.34. The van der Waals surface area contributed by atoms with Gasteiger partial charge in [0.25, 0.3) is 0 Å². The zero-order chi connectivity index (χ0) is 16.4. The summed E-state index contributed by atoms with van der Waals surface area (Å²) in [6, 6.07) is 4.64. The molecular weight excluding hydrogens is 295 g/mol. The van der Waals surface area contributed by atoms with Crippen molar-refractivity contribution >= 4 is 11.7 Å². The first-order chi connectivity index (χ1) is 11.1. The SMILES string of the molecule is CCn1cc(NC(=O)N2CCC[C@H]2c2ccc(F)cc2C)cn1. The number of aromatic nitrogens is 2. The summed E-state index contributed by atoms with van der Waals surface area (Å²) in [5.74, 6) is -0.243. The van der Waals surface area contributed by atoms with Crippen LogP contribution in [-0.4, -0.2) is 27.3 Å². The van der Waals surface area contributed by atoms with Crippen molar-refractivity contribution in [1.82, 2.24) is 14.7 Å². The smallest absolute Gasteiger partial charge is 0.317 e. The summed E-state index contributed by atoms with van der Waals surface area (Å²) < 4.78 is 15.1. The van der Waals surface area contributed by atoms with Gasteiger partial charge in [0, 0.05) is 19.3 Å². The first-order valence-electron chi connectivity index (χ1n) is 7.94. The number of urea groups is 1. The summed E-state index contributed by atoms with van der Waals surface area (Å²) in [7, 11) is 0. The van der Waals surface area contributed by atoms with E-state index in [0.29, 0.717) is 12.2 Å². The van der Waals surface area contributed by atoms with Gasteiger partial charge >= 0.3 is 6.03 Å². The fourth-order valence-corrected chi connectivity index (χ4v) is 3.14. The minimum Gasteiger partial charge on any atom is -0.317 e. The molecule has 1 fully saturated rings. The molecule has 0 radical (unpaired) electrons. The van der Waals surface area contributed by atoms with Gasteiger partial charge in [-0.25, -0.2) is 9.18 Å². The standard InChI is InChI=1S/C17H21FN4O/c1-3-21-11-14(10-19-21)20-17(23)22-8-4-5-16(22)15-7-6-13(18)9-12(15)2/h6-7,9-11,16H,3-5,8H2,1-2H3,(H,20,23)/t16-/m0/s1. The summed E-state index contributed by atoms with van der Waals surface area (Å²) in [6.07, 6.45) is 5.30. The number of carbonyl (C=O) groups is 1. The number of nitrogens with one attached hydrogen (secondary N) is 1. The molecule has 5 nitrogen and oxygen atoms in total. The second-order valence-electron chi connectivity index (χ2n) is 5.87. The van der Waals surface area contributed by atoms with Crippen LogP contribution >= 0.6 is 0 Å². The van der Waals surface area contributed by atoms with Gasteiger partial charge in [-0.3, -0.25) is 4.68 Å². The quantitative estimate of drug-likeness (QED) is 0.938. The summed E-state index contributed by atoms with van der Waals surface area (Å²) in [5, 5.41) is 7.06. The van der Waals surface area contributed by atoms with Gasteiger partial charge in [-0.05, 0) is 49.9 Å². The highest BCUT2D eigenvalue weighted by atomic mass is 19.1. The average molecular weight is 316 g/mol. The maximum atomic E-state index is 13.3. The highest BCUT2D eigenvalue weighted by Gasteiger charge is 2.31. The number of halogens is 1. The van der Waals surface area contributed by atoms with Crippen LogP contribution in [0, 0.1) is 12.7 Å². The molecule has 0 aliphatic carbocycles. The number of amides is 2. The lowest BCUT2D eigenvalue weighted by molar-refractivity contribution is 0.207. The molecule has 1 saturated heterocycles. The monoisotopic (exact) mass is 316 g/mol. The molecule has 0 spiro atoms. The second kappa shape index (κ2) is 6.40. The molecule has 2 aromatic rings. The van der Waals surface area contributed by atoms with Crippen LogP contribution in [0.3, 0.4) is 0 Å². The third kappa shape index (κ3) is 3.21. The number of carbonyl (C=O) groups excluding carboxylic acids is 1. The predicted octanol–water partition coefficient (Wildman–Crippen LogP) is 3.72. The third-order valence-electron chi connectivity index (χ3n) is 4.31. The molecule has 1 N–H and O–H groups in total. The molecule has 3 rings (SSSR count). The zero-order valence-corrected chi connectivity index (χ0v) is 13.4. The van der Waals surface area contributed by atoms with Crippen LogP contribution in [0.5, 0.6) is 0 Å². The lowest BCUT2D eigenvalue weighted by atomic mass is 9.99. The van der Waals surface area contributed by atoms with Crippen LogP contribution in [0.15, 0.2) is 30.6 Å². The first kappa shape index (κ1) is 15.5. The highest BCUT2D eigenvalue weighted by molar-refractivity contribution is 5.89. The topological polar surface area (TPSA) is 50.2 Å². The normalized spacial score (nSPS) is 17.5. The van der Waals surface area contributed by atoms with E-state index in [1.807, 2.05) is 24.9 Å². The van der Waals surface area contributed by atoms with E-state index < -0.39 is 0 Å². The van der Waals surface area contributed by atoms with Crippen LogP contribution in [0.4, 0.5) is 14.9 Å². The van der Waals surface area contributed by atoms with Crippen molar-refractivity contribution in [2.24, 2.45) is 0 Å². The summed E-state index contributed by atoms with van der Waals surface area (Å²) in [5.41, 5.74) is 2.59. The first-order valence-corrected chi connectivity index (χ1v) is 7.94. The number of hydrogen-bond acceptors (Lipinski definition) is 2. The Morgan fingerprint density at radius 2 is 2.30 bits per heavy atom. The van der Waals surface area contributed by atoms with Crippen molar-refractivity contribution in [2.45, 2.75) is 39.3 Å². The van der Waals surface area contributed by atoms with Gasteiger partial charge in [0.1, 0.15) is 5.82 Å². The van der Waals surface area contributed by atoms with Crippen LogP contribution in [0.1, 0.15) is 36.9 Å². The van der Waals surface area contributed by atoms with Crippen molar-refractivity contribution in [2.75, 3.05) is 11.9 Å². The number of rotatable bonds is 3. The summed E-state index contributed by atoms with van der Waals surface area (Å²) >= 11 is 0. The Hall–Kier alpha value is -2.37. The Kier molecular flexibility index (Phi) is 4.32.